The molecule has 0 amide bonds. The van der Waals surface area contributed by atoms with Crippen molar-refractivity contribution in [2.75, 3.05) is 9.91 Å². The molecule has 7 heteroatoms. The van der Waals surface area contributed by atoms with E-state index in [2.05, 4.69) is 105 Å². The summed E-state index contributed by atoms with van der Waals surface area (Å²) < 4.78 is 1.75. The summed E-state index contributed by atoms with van der Waals surface area (Å²) in [5.41, 5.74) is 6.16. The Morgan fingerprint density at radius 2 is 1.07 bits per heavy atom. The molecular weight excluding hydrogens is 494 g/mol. The van der Waals surface area contributed by atoms with Gasteiger partial charge in [0.05, 0.1) is 18.4 Å². The van der Waals surface area contributed by atoms with Gasteiger partial charge >= 0.3 is 0 Å². The second kappa shape index (κ2) is 11.9. The monoisotopic (exact) mass is 521 g/mol. The highest BCUT2D eigenvalue weighted by Crippen LogP contribution is 2.34. The number of hydrogen-bond donors (Lipinski definition) is 0. The molecule has 0 radical (unpaired) electrons. The maximum absolute atomic E-state index is 4.83. The van der Waals surface area contributed by atoms with Crippen molar-refractivity contribution >= 4 is 34.9 Å². The zero-order valence-corrected chi connectivity index (χ0v) is 21.8. The van der Waals surface area contributed by atoms with Gasteiger partial charge in [-0.05, 0) is 70.1 Å². The second-order valence-electron chi connectivity index (χ2n) is 9.11. The highest BCUT2D eigenvalue weighted by atomic mass is 15.6. The summed E-state index contributed by atoms with van der Waals surface area (Å²) in [6.45, 7) is 0.533. The van der Waals surface area contributed by atoms with Gasteiger partial charge in [-0.15, -0.1) is 0 Å². The van der Waals surface area contributed by atoms with Gasteiger partial charge in [-0.3, -0.25) is 0 Å². The molecule has 6 rings (SSSR count). The summed E-state index contributed by atoms with van der Waals surface area (Å²) in [5.74, 6) is 0.530. The third-order valence-electron chi connectivity index (χ3n) is 6.38. The number of para-hydroxylation sites is 3. The first-order valence-corrected chi connectivity index (χ1v) is 13.0. The summed E-state index contributed by atoms with van der Waals surface area (Å²) in [5, 5.41) is 19.1. The van der Waals surface area contributed by atoms with E-state index in [1.54, 1.807) is 9.69 Å². The average Bonchev–Trinajstić information content (AvgIpc) is 3.48. The smallest absolute Gasteiger partial charge is 0.271 e. The molecule has 7 nitrogen and oxygen atoms in total. The second-order valence-corrected chi connectivity index (χ2v) is 9.11. The molecule has 1 heterocycles. The van der Waals surface area contributed by atoms with Crippen molar-refractivity contribution in [3.05, 3.63) is 157 Å². The average molecular weight is 522 g/mol. The van der Waals surface area contributed by atoms with Gasteiger partial charge in [0.1, 0.15) is 0 Å². The van der Waals surface area contributed by atoms with Gasteiger partial charge in [-0.25, -0.2) is 4.68 Å². The third-order valence-corrected chi connectivity index (χ3v) is 6.38. The van der Waals surface area contributed by atoms with Gasteiger partial charge in [-0.1, -0.05) is 102 Å². The molecule has 0 aliphatic heterocycles. The molecule has 5 aromatic carbocycles. The fourth-order valence-corrected chi connectivity index (χ4v) is 4.45. The molecule has 0 spiro atoms. The van der Waals surface area contributed by atoms with Crippen LogP contribution in [0.15, 0.2) is 151 Å². The molecule has 0 fully saturated rings. The van der Waals surface area contributed by atoms with Crippen LogP contribution < -0.4 is 9.91 Å². The van der Waals surface area contributed by atoms with E-state index < -0.39 is 0 Å². The topological polar surface area (TPSA) is 62.4 Å². The zero-order valence-electron chi connectivity index (χ0n) is 21.8. The Labute approximate surface area is 233 Å². The molecule has 0 N–H and O–H groups in total. The lowest BCUT2D eigenvalue weighted by molar-refractivity contribution is 0.645. The maximum atomic E-state index is 4.83. The number of benzene rings is 5. The summed E-state index contributed by atoms with van der Waals surface area (Å²) in [6.07, 6.45) is 1.83. The lowest BCUT2D eigenvalue weighted by atomic mass is 10.1. The summed E-state index contributed by atoms with van der Waals surface area (Å²) in [7, 11) is 0. The predicted molar refractivity (Wildman–Crippen MR) is 161 cm³/mol. The molecule has 0 atom stereocenters. The molecule has 0 saturated carbocycles. The van der Waals surface area contributed by atoms with Crippen LogP contribution in [-0.4, -0.2) is 26.4 Å². The number of hydrazone groups is 1. The molecule has 6 aromatic rings. The largest absolute Gasteiger partial charge is 0.311 e. The Morgan fingerprint density at radius 3 is 1.65 bits per heavy atom. The van der Waals surface area contributed by atoms with E-state index in [9.17, 15) is 0 Å². The maximum Gasteiger partial charge on any atom is 0.271 e. The number of nitrogens with zero attached hydrogens (tertiary/aromatic N) is 7. The lowest BCUT2D eigenvalue weighted by Crippen LogP contribution is -2.16. The minimum Gasteiger partial charge on any atom is -0.311 e. The van der Waals surface area contributed by atoms with Crippen molar-refractivity contribution in [1.82, 2.24) is 20.2 Å². The van der Waals surface area contributed by atoms with E-state index in [0.29, 0.717) is 12.5 Å². The standard InChI is InChI=1S/C33H27N7/c1-5-13-28(14-6-1)26-38-33(35-36-37-38)40(32-19-11-4-12-20-32)34-25-27-21-23-31(24-22-27)39(29-15-7-2-8-16-29)30-17-9-3-10-18-30/h1-25H,26H2. The van der Waals surface area contributed by atoms with Gasteiger partial charge in [0, 0.05) is 17.1 Å². The zero-order chi connectivity index (χ0) is 27.0. The van der Waals surface area contributed by atoms with Crippen molar-refractivity contribution in [2.24, 2.45) is 5.10 Å². The number of rotatable bonds is 9. The SMILES string of the molecule is C(=NN(c1ccccc1)c1nnnn1Cc1ccccc1)c1ccc(N(c2ccccc2)c2ccccc2)cc1. The van der Waals surface area contributed by atoms with E-state index in [4.69, 9.17) is 5.10 Å². The molecule has 0 aliphatic carbocycles. The van der Waals surface area contributed by atoms with E-state index in [0.717, 1.165) is 33.9 Å². The van der Waals surface area contributed by atoms with Crippen LogP contribution in [0.1, 0.15) is 11.1 Å². The number of aromatic nitrogens is 4. The van der Waals surface area contributed by atoms with Gasteiger partial charge in [0.2, 0.25) is 0 Å². The van der Waals surface area contributed by atoms with Crippen molar-refractivity contribution in [3.8, 4) is 0 Å². The number of hydrogen-bond acceptors (Lipinski definition) is 6. The minimum atomic E-state index is 0.530. The van der Waals surface area contributed by atoms with E-state index in [1.807, 2.05) is 66.9 Å². The minimum absolute atomic E-state index is 0.530. The molecule has 0 aliphatic rings. The Morgan fingerprint density at radius 1 is 0.575 bits per heavy atom. The molecular formula is C33H27N7. The molecule has 40 heavy (non-hydrogen) atoms. The normalized spacial score (nSPS) is 11.0. The van der Waals surface area contributed by atoms with Crippen molar-refractivity contribution in [2.45, 2.75) is 6.54 Å². The Bertz CT molecular complexity index is 1610. The van der Waals surface area contributed by atoms with Crippen LogP contribution >= 0.6 is 0 Å². The predicted octanol–water partition coefficient (Wildman–Crippen LogP) is 7.36. The van der Waals surface area contributed by atoms with Gasteiger partial charge in [0.15, 0.2) is 0 Å². The Hall–Kier alpha value is -5.56. The fourth-order valence-electron chi connectivity index (χ4n) is 4.45. The van der Waals surface area contributed by atoms with E-state index >= 15 is 0 Å². The lowest BCUT2D eigenvalue weighted by Gasteiger charge is -2.25. The first-order valence-electron chi connectivity index (χ1n) is 13.0. The van der Waals surface area contributed by atoms with Crippen LogP contribution in [0.4, 0.5) is 28.7 Å². The van der Waals surface area contributed by atoms with Crippen LogP contribution in [0.2, 0.25) is 0 Å². The van der Waals surface area contributed by atoms with Gasteiger partial charge in [0.25, 0.3) is 5.95 Å². The Balaban J connectivity index is 1.30. The van der Waals surface area contributed by atoms with E-state index in [-0.39, 0.29) is 0 Å². The van der Waals surface area contributed by atoms with Crippen LogP contribution in [0.3, 0.4) is 0 Å². The third kappa shape index (κ3) is 5.63. The summed E-state index contributed by atoms with van der Waals surface area (Å²) in [4.78, 5) is 2.23. The number of anilines is 5. The van der Waals surface area contributed by atoms with Gasteiger partial charge in [-0.2, -0.15) is 10.1 Å². The van der Waals surface area contributed by atoms with Crippen LogP contribution in [0.25, 0.3) is 0 Å². The van der Waals surface area contributed by atoms with Crippen molar-refractivity contribution in [3.63, 3.8) is 0 Å². The van der Waals surface area contributed by atoms with Gasteiger partial charge < -0.3 is 4.90 Å². The molecule has 0 saturated heterocycles. The quantitative estimate of drug-likeness (QED) is 0.147. The molecule has 194 valence electrons. The van der Waals surface area contributed by atoms with Crippen molar-refractivity contribution in [1.29, 1.82) is 0 Å². The van der Waals surface area contributed by atoms with Crippen molar-refractivity contribution < 1.29 is 0 Å². The molecule has 0 bridgehead atoms. The highest BCUT2D eigenvalue weighted by molar-refractivity contribution is 5.83. The summed E-state index contributed by atoms with van der Waals surface area (Å²) in [6, 6.07) is 49.0. The first kappa shape index (κ1) is 24.8. The van der Waals surface area contributed by atoms with Crippen LogP contribution in [0.5, 0.6) is 0 Å². The number of tetrazole rings is 1. The van der Waals surface area contributed by atoms with E-state index in [1.165, 1.54) is 0 Å². The highest BCUT2D eigenvalue weighted by Gasteiger charge is 2.17. The first-order chi connectivity index (χ1) is 19.8. The van der Waals surface area contributed by atoms with Crippen LogP contribution in [0, 0.1) is 0 Å². The fraction of sp³-hybridized carbons (Fsp3) is 0.0303. The molecule has 1 aromatic heterocycles. The Kier molecular flexibility index (Phi) is 7.35. The summed E-state index contributed by atoms with van der Waals surface area (Å²) >= 11 is 0. The molecule has 0 unspecified atom stereocenters. The van der Waals surface area contributed by atoms with Crippen LogP contribution in [-0.2, 0) is 6.54 Å².